The molecule has 0 aromatic carbocycles. The minimum atomic E-state index is -0.480. The van der Waals surface area contributed by atoms with Crippen LogP contribution in [0.15, 0.2) is 53.0 Å². The van der Waals surface area contributed by atoms with Gasteiger partial charge >= 0.3 is 6.09 Å². The largest absolute Gasteiger partial charge is 0.469 e. The molecule has 0 spiro atoms. The van der Waals surface area contributed by atoms with E-state index in [2.05, 4.69) is 39.2 Å². The molecule has 0 aliphatic carbocycles. The lowest BCUT2D eigenvalue weighted by Gasteiger charge is -2.13. The van der Waals surface area contributed by atoms with Gasteiger partial charge < -0.3 is 41.5 Å². The van der Waals surface area contributed by atoms with Gasteiger partial charge in [-0.2, -0.15) is 0 Å². The van der Waals surface area contributed by atoms with Gasteiger partial charge in [-0.1, -0.05) is 46.4 Å². The highest BCUT2D eigenvalue weighted by molar-refractivity contribution is 7.09. The standard InChI is InChI=1S/C11H20N2O3.C10H15NO2.C10H15NOS.C7H16N2O/c1-4-8-16-11(15)13-7-6-9(5-2)10(14)12-3;2*1-3-8(10(12)11-2)7-9-5-4-6-13-9;1-3-6(4-5-8)7(10)9-2/h4,9H,1,5-8H2,2-3H3,(H,12,14)(H,13,15);2*4-6,8H,3,7H2,1-2H3,(H,11,12);6H,3-5,8H2,1-2H3,(H,9,10). The lowest BCUT2D eigenvalue weighted by molar-refractivity contribution is -0.125. The third-order valence-corrected chi connectivity index (χ3v) is 9.00. The van der Waals surface area contributed by atoms with Crippen LogP contribution < -0.4 is 32.3 Å². The lowest BCUT2D eigenvalue weighted by atomic mass is 10.0. The molecule has 5 amide bonds. The summed E-state index contributed by atoms with van der Waals surface area (Å²) in [5, 5.41) is 15.2. The van der Waals surface area contributed by atoms with Crippen molar-refractivity contribution in [2.24, 2.45) is 29.4 Å². The number of alkyl carbamates (subject to hydrolysis) is 1. The summed E-state index contributed by atoms with van der Waals surface area (Å²) in [5.74, 6) is 1.40. The summed E-state index contributed by atoms with van der Waals surface area (Å²) in [6.07, 6.45) is 8.96. The Hall–Kier alpha value is -4.17. The number of carbonyl (C=O) groups excluding carboxylic acids is 5. The molecule has 296 valence electrons. The quantitative estimate of drug-likeness (QED) is 0.110. The van der Waals surface area contributed by atoms with E-state index in [0.717, 1.165) is 44.3 Å². The van der Waals surface area contributed by atoms with Gasteiger partial charge in [-0.25, -0.2) is 4.79 Å². The number of hydrogen-bond donors (Lipinski definition) is 6. The van der Waals surface area contributed by atoms with Gasteiger partial charge in [-0.15, -0.1) is 11.3 Å². The monoisotopic (exact) mass is 750 g/mol. The number of ether oxygens (including phenoxy) is 1. The van der Waals surface area contributed by atoms with E-state index in [1.54, 1.807) is 45.8 Å². The minimum Gasteiger partial charge on any atom is -0.469 e. The fourth-order valence-corrected chi connectivity index (χ4v) is 5.57. The Bertz CT molecular complexity index is 1170. The highest BCUT2D eigenvalue weighted by Gasteiger charge is 2.17. The third kappa shape index (κ3) is 23.3. The average molecular weight is 751 g/mol. The van der Waals surface area contributed by atoms with Crippen LogP contribution in [0.5, 0.6) is 0 Å². The molecule has 0 radical (unpaired) electrons. The number of nitrogens with two attached hydrogens (primary N) is 1. The summed E-state index contributed by atoms with van der Waals surface area (Å²) in [4.78, 5) is 57.3. The van der Waals surface area contributed by atoms with Crippen LogP contribution in [0.4, 0.5) is 4.79 Å². The molecule has 2 aromatic heterocycles. The third-order valence-electron chi connectivity index (χ3n) is 8.10. The van der Waals surface area contributed by atoms with Crippen molar-refractivity contribution in [1.82, 2.24) is 26.6 Å². The first-order chi connectivity index (χ1) is 25.0. The summed E-state index contributed by atoms with van der Waals surface area (Å²) < 4.78 is 9.91. The highest BCUT2D eigenvalue weighted by Crippen LogP contribution is 2.17. The average Bonchev–Trinajstić information content (AvgIpc) is 3.90. The predicted octanol–water partition coefficient (Wildman–Crippen LogP) is 4.83. The number of nitrogens with one attached hydrogen (secondary N) is 5. The molecular weight excluding hydrogens is 685 g/mol. The van der Waals surface area contributed by atoms with Gasteiger partial charge in [0.1, 0.15) is 12.4 Å². The summed E-state index contributed by atoms with van der Waals surface area (Å²) in [7, 11) is 6.62. The zero-order valence-corrected chi connectivity index (χ0v) is 33.5. The summed E-state index contributed by atoms with van der Waals surface area (Å²) in [5.41, 5.74) is 5.32. The van der Waals surface area contributed by atoms with Crippen molar-refractivity contribution in [2.45, 2.75) is 79.1 Å². The molecule has 4 unspecified atom stereocenters. The minimum absolute atomic E-state index is 0.00348. The van der Waals surface area contributed by atoms with Gasteiger partial charge in [0.05, 0.1) is 6.26 Å². The van der Waals surface area contributed by atoms with E-state index in [-0.39, 0.29) is 53.9 Å². The van der Waals surface area contributed by atoms with Gasteiger partial charge in [0.2, 0.25) is 23.6 Å². The van der Waals surface area contributed by atoms with Crippen LogP contribution in [0.1, 0.15) is 76.9 Å². The molecule has 0 fully saturated rings. The Morgan fingerprint density at radius 2 is 1.27 bits per heavy atom. The fourth-order valence-electron chi connectivity index (χ4n) is 4.78. The molecule has 4 atom stereocenters. The fraction of sp³-hybridized carbons (Fsp3) is 0.605. The van der Waals surface area contributed by atoms with E-state index in [0.29, 0.717) is 25.9 Å². The van der Waals surface area contributed by atoms with Crippen LogP contribution in [0.25, 0.3) is 0 Å². The highest BCUT2D eigenvalue weighted by atomic mass is 32.1. The number of rotatable bonds is 19. The second-order valence-electron chi connectivity index (χ2n) is 11.6. The van der Waals surface area contributed by atoms with Gasteiger partial charge in [0, 0.05) is 69.7 Å². The maximum absolute atomic E-state index is 11.4. The Kier molecular flexibility index (Phi) is 31.4. The Balaban J connectivity index is 0. The van der Waals surface area contributed by atoms with Gasteiger partial charge in [0.15, 0.2) is 0 Å². The van der Waals surface area contributed by atoms with Crippen LogP contribution >= 0.6 is 11.3 Å². The van der Waals surface area contributed by atoms with E-state index in [1.807, 2.05) is 51.3 Å². The van der Waals surface area contributed by atoms with Crippen molar-refractivity contribution < 1.29 is 33.1 Å². The van der Waals surface area contributed by atoms with Crippen LogP contribution in [-0.2, 0) is 36.8 Å². The number of hydrogen-bond acceptors (Lipinski definition) is 9. The molecule has 0 aliphatic heterocycles. The first-order valence-electron chi connectivity index (χ1n) is 18.1. The van der Waals surface area contributed by atoms with E-state index in [4.69, 9.17) is 14.9 Å². The predicted molar refractivity (Wildman–Crippen MR) is 210 cm³/mol. The van der Waals surface area contributed by atoms with Crippen LogP contribution in [0, 0.1) is 23.7 Å². The zero-order valence-electron chi connectivity index (χ0n) is 32.7. The number of amides is 5. The number of carbonyl (C=O) groups is 5. The Labute approximate surface area is 315 Å². The number of furan rings is 1. The van der Waals surface area contributed by atoms with Crippen molar-refractivity contribution in [3.63, 3.8) is 0 Å². The van der Waals surface area contributed by atoms with Crippen LogP contribution in [-0.4, -0.2) is 77.6 Å². The molecule has 0 saturated carbocycles. The molecule has 14 heteroatoms. The molecule has 0 aliphatic rings. The maximum atomic E-state index is 11.4. The van der Waals surface area contributed by atoms with Gasteiger partial charge in [0.25, 0.3) is 0 Å². The molecule has 0 saturated heterocycles. The van der Waals surface area contributed by atoms with E-state index >= 15 is 0 Å². The van der Waals surface area contributed by atoms with E-state index in [9.17, 15) is 24.0 Å². The molecular formula is C38H66N6O7S. The first kappa shape index (κ1) is 49.9. The molecule has 2 heterocycles. The van der Waals surface area contributed by atoms with Crippen molar-refractivity contribution in [1.29, 1.82) is 0 Å². The van der Waals surface area contributed by atoms with Crippen molar-refractivity contribution >= 4 is 41.1 Å². The van der Waals surface area contributed by atoms with Gasteiger partial charge in [-0.05, 0) is 75.1 Å². The Morgan fingerprint density at radius 1 is 0.769 bits per heavy atom. The summed E-state index contributed by atoms with van der Waals surface area (Å²) in [6.45, 7) is 12.6. The van der Waals surface area contributed by atoms with Crippen molar-refractivity contribution in [3.05, 3.63) is 59.2 Å². The topological polar surface area (TPSA) is 194 Å². The summed E-state index contributed by atoms with van der Waals surface area (Å²) in [6, 6.07) is 7.84. The normalized spacial score (nSPS) is 12.2. The smallest absolute Gasteiger partial charge is 0.407 e. The Morgan fingerprint density at radius 3 is 1.67 bits per heavy atom. The lowest BCUT2D eigenvalue weighted by Crippen LogP contribution is -2.32. The molecule has 2 rings (SSSR count). The maximum Gasteiger partial charge on any atom is 0.407 e. The van der Waals surface area contributed by atoms with Crippen molar-refractivity contribution in [2.75, 3.05) is 47.9 Å². The first-order valence-corrected chi connectivity index (χ1v) is 19.0. The van der Waals surface area contributed by atoms with Crippen molar-refractivity contribution in [3.8, 4) is 0 Å². The summed E-state index contributed by atoms with van der Waals surface area (Å²) >= 11 is 1.71. The zero-order chi connectivity index (χ0) is 39.7. The molecule has 52 heavy (non-hydrogen) atoms. The number of thiophene rings is 1. The molecule has 0 bridgehead atoms. The molecule has 13 nitrogen and oxygen atoms in total. The second kappa shape index (κ2) is 32.7. The molecule has 7 N–H and O–H groups in total. The van der Waals surface area contributed by atoms with Crippen LogP contribution in [0.2, 0.25) is 0 Å². The molecule has 2 aromatic rings. The second-order valence-corrected chi connectivity index (χ2v) is 12.7. The van der Waals surface area contributed by atoms with Gasteiger partial charge in [-0.3, -0.25) is 19.2 Å². The van der Waals surface area contributed by atoms with E-state index < -0.39 is 6.09 Å². The SMILES string of the molecule is C=CCOC(=O)NCCC(CC)C(=O)NC.CCC(CCN)C(=O)NC.CCC(Cc1ccco1)C(=O)NC.CCC(Cc1cccs1)C(=O)NC. The van der Waals surface area contributed by atoms with E-state index in [1.165, 1.54) is 11.0 Å². The van der Waals surface area contributed by atoms with Crippen LogP contribution in [0.3, 0.4) is 0 Å².